The van der Waals surface area contributed by atoms with Gasteiger partial charge in [-0.15, -0.1) is 0 Å². The summed E-state index contributed by atoms with van der Waals surface area (Å²) in [6, 6.07) is 5.00. The minimum atomic E-state index is -0.585. The van der Waals surface area contributed by atoms with Gasteiger partial charge in [0.15, 0.2) is 0 Å². The molecule has 6 heteroatoms. The fraction of sp³-hybridized carbons (Fsp3) is 0.500. The third-order valence-corrected chi connectivity index (χ3v) is 5.94. The first-order chi connectivity index (χ1) is 13.6. The lowest BCUT2D eigenvalue weighted by Crippen LogP contribution is -2.52. The highest BCUT2D eigenvalue weighted by Gasteiger charge is 2.39. The number of rotatable bonds is 3. The normalized spacial score (nSPS) is 22.5. The molecule has 1 aromatic rings. The maximum atomic E-state index is 12.8. The Kier molecular flexibility index (Phi) is 5.45. The van der Waals surface area contributed by atoms with Gasteiger partial charge in [-0.05, 0) is 62.4 Å². The molecule has 4 rings (SSSR count). The number of benzene rings is 1. The third-order valence-electron chi connectivity index (χ3n) is 5.94. The Morgan fingerprint density at radius 2 is 1.93 bits per heavy atom. The lowest BCUT2D eigenvalue weighted by atomic mass is 9.93. The minimum absolute atomic E-state index is 0.150. The van der Waals surface area contributed by atoms with E-state index in [-0.39, 0.29) is 24.1 Å². The second-order valence-electron chi connectivity index (χ2n) is 7.77. The van der Waals surface area contributed by atoms with E-state index in [1.807, 2.05) is 12.1 Å². The van der Waals surface area contributed by atoms with E-state index >= 15 is 0 Å². The van der Waals surface area contributed by atoms with E-state index in [0.29, 0.717) is 18.5 Å². The van der Waals surface area contributed by atoms with Crippen molar-refractivity contribution >= 4 is 17.7 Å². The highest BCUT2D eigenvalue weighted by Crippen LogP contribution is 2.29. The van der Waals surface area contributed by atoms with Gasteiger partial charge in [0.1, 0.15) is 6.04 Å². The third kappa shape index (κ3) is 3.81. The number of imide groups is 1. The topological polar surface area (TPSA) is 78.5 Å². The van der Waals surface area contributed by atoms with Crippen molar-refractivity contribution in [3.05, 3.63) is 34.9 Å². The first-order valence-electron chi connectivity index (χ1n) is 10.1. The van der Waals surface area contributed by atoms with Crippen LogP contribution in [0.3, 0.4) is 0 Å². The van der Waals surface area contributed by atoms with Gasteiger partial charge in [-0.25, -0.2) is 0 Å². The average molecular weight is 379 g/mol. The molecule has 28 heavy (non-hydrogen) atoms. The SMILES string of the molecule is O=C1CCC(N2Cc3c(C#CCCC4CCNCC4)cccc3C2=O)C(=O)N1. The molecule has 6 nitrogen and oxygen atoms in total. The molecule has 1 aromatic carbocycles. The summed E-state index contributed by atoms with van der Waals surface area (Å²) in [5, 5.41) is 5.72. The Labute approximate surface area is 165 Å². The van der Waals surface area contributed by atoms with E-state index in [1.54, 1.807) is 11.0 Å². The maximum Gasteiger partial charge on any atom is 0.255 e. The number of amides is 3. The quantitative estimate of drug-likeness (QED) is 0.617. The molecule has 3 heterocycles. The lowest BCUT2D eigenvalue weighted by molar-refractivity contribution is -0.136. The fourth-order valence-corrected chi connectivity index (χ4v) is 4.31. The van der Waals surface area contributed by atoms with Crippen molar-refractivity contribution in [1.82, 2.24) is 15.5 Å². The largest absolute Gasteiger partial charge is 0.322 e. The smallest absolute Gasteiger partial charge is 0.255 e. The molecule has 0 aromatic heterocycles. The van der Waals surface area contributed by atoms with Crippen LogP contribution < -0.4 is 10.6 Å². The highest BCUT2D eigenvalue weighted by atomic mass is 16.2. The van der Waals surface area contributed by atoms with Gasteiger partial charge in [-0.2, -0.15) is 0 Å². The van der Waals surface area contributed by atoms with Crippen LogP contribution in [-0.2, 0) is 16.1 Å². The summed E-state index contributed by atoms with van der Waals surface area (Å²) in [7, 11) is 0. The second-order valence-corrected chi connectivity index (χ2v) is 7.77. The number of hydrogen-bond acceptors (Lipinski definition) is 4. The number of piperidine rings is 2. The van der Waals surface area contributed by atoms with Gasteiger partial charge in [0.05, 0.1) is 0 Å². The van der Waals surface area contributed by atoms with Crippen LogP contribution in [0.4, 0.5) is 0 Å². The van der Waals surface area contributed by atoms with E-state index in [2.05, 4.69) is 22.5 Å². The summed E-state index contributed by atoms with van der Waals surface area (Å²) >= 11 is 0. The number of nitrogens with one attached hydrogen (secondary N) is 2. The molecule has 1 unspecified atom stereocenters. The van der Waals surface area contributed by atoms with Gasteiger partial charge in [-0.1, -0.05) is 17.9 Å². The van der Waals surface area contributed by atoms with Crippen LogP contribution in [0.15, 0.2) is 18.2 Å². The van der Waals surface area contributed by atoms with Crippen LogP contribution in [0.2, 0.25) is 0 Å². The Hall–Kier alpha value is -2.65. The molecular formula is C22H25N3O3. The first kappa shape index (κ1) is 18.7. The number of fused-ring (bicyclic) bond motifs is 1. The zero-order chi connectivity index (χ0) is 19.5. The van der Waals surface area contributed by atoms with Gasteiger partial charge in [0.25, 0.3) is 5.91 Å². The second kappa shape index (κ2) is 8.15. The molecule has 0 radical (unpaired) electrons. The van der Waals surface area contributed by atoms with Crippen molar-refractivity contribution in [2.24, 2.45) is 5.92 Å². The van der Waals surface area contributed by atoms with Crippen LogP contribution in [0, 0.1) is 17.8 Å². The standard InChI is InChI=1S/C22H25N3O3/c26-20-9-8-19(21(27)24-20)25-14-18-16(6-3-7-17(18)22(25)28)5-2-1-4-15-10-12-23-13-11-15/h3,6-7,15,19,23H,1,4,8-14H2,(H,24,26,27). The van der Waals surface area contributed by atoms with E-state index in [0.717, 1.165) is 43.0 Å². The van der Waals surface area contributed by atoms with Gasteiger partial charge in [0, 0.05) is 30.5 Å². The molecule has 0 bridgehead atoms. The summed E-state index contributed by atoms with van der Waals surface area (Å²) in [6.45, 7) is 2.57. The van der Waals surface area contributed by atoms with Gasteiger partial charge in [0.2, 0.25) is 11.8 Å². The molecule has 2 saturated heterocycles. The van der Waals surface area contributed by atoms with E-state index in [1.165, 1.54) is 12.8 Å². The van der Waals surface area contributed by atoms with Crippen molar-refractivity contribution in [3.63, 3.8) is 0 Å². The molecule has 3 aliphatic rings. The number of hydrogen-bond donors (Lipinski definition) is 2. The Bertz CT molecular complexity index is 862. The van der Waals surface area contributed by atoms with Crippen molar-refractivity contribution in [2.45, 2.75) is 51.1 Å². The molecule has 0 spiro atoms. The zero-order valence-electron chi connectivity index (χ0n) is 15.9. The van der Waals surface area contributed by atoms with Crippen molar-refractivity contribution in [1.29, 1.82) is 0 Å². The zero-order valence-corrected chi connectivity index (χ0v) is 15.9. The molecule has 3 amide bonds. The molecular weight excluding hydrogens is 354 g/mol. The molecule has 3 aliphatic heterocycles. The monoisotopic (exact) mass is 379 g/mol. The first-order valence-corrected chi connectivity index (χ1v) is 10.1. The van der Waals surface area contributed by atoms with E-state index in [4.69, 9.17) is 0 Å². The summed E-state index contributed by atoms with van der Waals surface area (Å²) in [4.78, 5) is 38.0. The van der Waals surface area contributed by atoms with Crippen LogP contribution >= 0.6 is 0 Å². The maximum absolute atomic E-state index is 12.8. The van der Waals surface area contributed by atoms with E-state index < -0.39 is 6.04 Å². The molecule has 1 atom stereocenters. The molecule has 2 fully saturated rings. The Morgan fingerprint density at radius 1 is 1.11 bits per heavy atom. The highest BCUT2D eigenvalue weighted by molar-refractivity contribution is 6.05. The van der Waals surface area contributed by atoms with E-state index in [9.17, 15) is 14.4 Å². The van der Waals surface area contributed by atoms with Gasteiger partial charge < -0.3 is 10.2 Å². The average Bonchev–Trinajstić information content (AvgIpc) is 3.03. The van der Waals surface area contributed by atoms with Crippen LogP contribution in [0.25, 0.3) is 0 Å². The van der Waals surface area contributed by atoms with Crippen molar-refractivity contribution < 1.29 is 14.4 Å². The minimum Gasteiger partial charge on any atom is -0.322 e. The lowest BCUT2D eigenvalue weighted by Gasteiger charge is -2.29. The molecule has 0 saturated carbocycles. The summed E-state index contributed by atoms with van der Waals surface area (Å²) in [5.74, 6) is 6.47. The number of carbonyl (C=O) groups excluding carboxylic acids is 3. The number of carbonyl (C=O) groups is 3. The van der Waals surface area contributed by atoms with Gasteiger partial charge in [-0.3, -0.25) is 19.7 Å². The van der Waals surface area contributed by atoms with Crippen LogP contribution in [0.5, 0.6) is 0 Å². The van der Waals surface area contributed by atoms with Crippen LogP contribution in [-0.4, -0.2) is 41.8 Å². The molecule has 0 aliphatic carbocycles. The summed E-state index contributed by atoms with van der Waals surface area (Å²) < 4.78 is 0. The Balaban J connectivity index is 1.45. The summed E-state index contributed by atoms with van der Waals surface area (Å²) in [6.07, 6.45) is 5.06. The predicted octanol–water partition coefficient (Wildman–Crippen LogP) is 1.58. The molecule has 2 N–H and O–H groups in total. The van der Waals surface area contributed by atoms with Crippen molar-refractivity contribution in [2.75, 3.05) is 13.1 Å². The van der Waals surface area contributed by atoms with Crippen LogP contribution in [0.1, 0.15) is 60.0 Å². The predicted molar refractivity (Wildman–Crippen MR) is 104 cm³/mol. The van der Waals surface area contributed by atoms with Gasteiger partial charge >= 0.3 is 0 Å². The molecule has 146 valence electrons. The van der Waals surface area contributed by atoms with Crippen molar-refractivity contribution in [3.8, 4) is 11.8 Å². The summed E-state index contributed by atoms with van der Waals surface area (Å²) in [5.41, 5.74) is 2.38. The fourth-order valence-electron chi connectivity index (χ4n) is 4.31. The number of nitrogens with zero attached hydrogens (tertiary/aromatic N) is 1. The Morgan fingerprint density at radius 3 is 2.71 bits per heavy atom.